The van der Waals surface area contributed by atoms with Crippen LogP contribution in [0.2, 0.25) is 0 Å². The number of nitrogens with one attached hydrogen (secondary N) is 1. The fourth-order valence-corrected chi connectivity index (χ4v) is 2.19. The predicted molar refractivity (Wildman–Crippen MR) is 72.8 cm³/mol. The fourth-order valence-electron chi connectivity index (χ4n) is 2.19. The Morgan fingerprint density at radius 3 is 2.79 bits per heavy atom. The first-order valence-electron chi connectivity index (χ1n) is 6.37. The third-order valence-electron chi connectivity index (χ3n) is 3.22. The van der Waals surface area contributed by atoms with Crippen LogP contribution in [-0.2, 0) is 19.9 Å². The Balaban J connectivity index is 2.22. The van der Waals surface area contributed by atoms with Gasteiger partial charge in [-0.05, 0) is 36.6 Å². The van der Waals surface area contributed by atoms with Crippen LogP contribution in [0, 0.1) is 5.82 Å². The molecule has 2 rings (SSSR count). The van der Waals surface area contributed by atoms with Gasteiger partial charge in [0.1, 0.15) is 5.82 Å². The van der Waals surface area contributed by atoms with Crippen LogP contribution in [-0.4, -0.2) is 9.78 Å². The summed E-state index contributed by atoms with van der Waals surface area (Å²) in [5.74, 6) is 5.40. The van der Waals surface area contributed by atoms with E-state index in [2.05, 4.69) is 17.4 Å². The van der Waals surface area contributed by atoms with Crippen molar-refractivity contribution in [2.24, 2.45) is 12.9 Å². The van der Waals surface area contributed by atoms with E-state index in [1.54, 1.807) is 6.07 Å². The summed E-state index contributed by atoms with van der Waals surface area (Å²) in [6.07, 6.45) is 1.50. The number of hydrogen-bond donors (Lipinski definition) is 2. The zero-order chi connectivity index (χ0) is 13.8. The van der Waals surface area contributed by atoms with Crippen molar-refractivity contribution in [2.45, 2.75) is 25.8 Å². The summed E-state index contributed by atoms with van der Waals surface area (Å²) < 4.78 is 15.0. The van der Waals surface area contributed by atoms with E-state index < -0.39 is 0 Å². The van der Waals surface area contributed by atoms with E-state index in [4.69, 9.17) is 5.84 Å². The van der Waals surface area contributed by atoms with Crippen LogP contribution >= 0.6 is 0 Å². The summed E-state index contributed by atoms with van der Waals surface area (Å²) in [7, 11) is 1.89. The highest BCUT2D eigenvalue weighted by Crippen LogP contribution is 2.19. The van der Waals surface area contributed by atoms with Gasteiger partial charge in [0, 0.05) is 7.05 Å². The molecule has 19 heavy (non-hydrogen) atoms. The zero-order valence-corrected chi connectivity index (χ0v) is 11.2. The summed E-state index contributed by atoms with van der Waals surface area (Å²) in [6, 6.07) is 8.52. The van der Waals surface area contributed by atoms with Gasteiger partial charge in [-0.15, -0.1) is 0 Å². The van der Waals surface area contributed by atoms with Crippen LogP contribution in [0.1, 0.15) is 29.9 Å². The third kappa shape index (κ3) is 3.19. The van der Waals surface area contributed by atoms with Crippen molar-refractivity contribution in [3.63, 3.8) is 0 Å². The van der Waals surface area contributed by atoms with Crippen molar-refractivity contribution in [2.75, 3.05) is 0 Å². The highest BCUT2D eigenvalue weighted by atomic mass is 19.1. The van der Waals surface area contributed by atoms with Gasteiger partial charge in [-0.2, -0.15) is 5.10 Å². The molecule has 4 nitrogen and oxygen atoms in total. The van der Waals surface area contributed by atoms with Gasteiger partial charge in [0.2, 0.25) is 0 Å². The Labute approximate surface area is 112 Å². The Kier molecular flexibility index (Phi) is 4.29. The molecule has 1 aromatic heterocycles. The molecule has 0 fully saturated rings. The van der Waals surface area contributed by atoms with Gasteiger partial charge >= 0.3 is 0 Å². The minimum absolute atomic E-state index is 0.0837. The molecule has 0 amide bonds. The van der Waals surface area contributed by atoms with E-state index in [9.17, 15) is 4.39 Å². The monoisotopic (exact) mass is 262 g/mol. The normalized spacial score (nSPS) is 12.6. The Bertz CT molecular complexity index is 550. The number of hydrogen-bond acceptors (Lipinski definition) is 3. The highest BCUT2D eigenvalue weighted by molar-refractivity contribution is 5.21. The Morgan fingerprint density at radius 2 is 2.21 bits per heavy atom. The van der Waals surface area contributed by atoms with Crippen LogP contribution in [0.4, 0.5) is 4.39 Å². The summed E-state index contributed by atoms with van der Waals surface area (Å²) in [6.45, 7) is 2.06. The molecule has 0 aliphatic heterocycles. The molecule has 1 aromatic carbocycles. The molecular weight excluding hydrogens is 243 g/mol. The minimum Gasteiger partial charge on any atom is -0.271 e. The van der Waals surface area contributed by atoms with Gasteiger partial charge in [-0.3, -0.25) is 16.0 Å². The number of rotatable bonds is 5. The molecule has 0 aliphatic carbocycles. The predicted octanol–water partition coefficient (Wildman–Crippen LogP) is 1.87. The number of hydrazine groups is 1. The van der Waals surface area contributed by atoms with E-state index in [0.29, 0.717) is 6.42 Å². The third-order valence-corrected chi connectivity index (χ3v) is 3.22. The minimum atomic E-state index is -0.229. The first-order valence-corrected chi connectivity index (χ1v) is 6.37. The molecule has 1 atom stereocenters. The molecule has 1 heterocycles. The zero-order valence-electron chi connectivity index (χ0n) is 11.2. The molecule has 0 saturated heterocycles. The van der Waals surface area contributed by atoms with Gasteiger partial charge in [0.25, 0.3) is 0 Å². The molecule has 1 unspecified atom stereocenters. The van der Waals surface area contributed by atoms with E-state index in [1.165, 1.54) is 12.1 Å². The first-order chi connectivity index (χ1) is 9.13. The number of aromatic nitrogens is 2. The van der Waals surface area contributed by atoms with Crippen molar-refractivity contribution in [3.8, 4) is 0 Å². The van der Waals surface area contributed by atoms with E-state index in [0.717, 1.165) is 23.4 Å². The largest absolute Gasteiger partial charge is 0.271 e. The topological polar surface area (TPSA) is 55.9 Å². The van der Waals surface area contributed by atoms with Crippen molar-refractivity contribution in [1.29, 1.82) is 0 Å². The molecule has 0 radical (unpaired) electrons. The quantitative estimate of drug-likeness (QED) is 0.639. The van der Waals surface area contributed by atoms with Gasteiger partial charge in [-0.25, -0.2) is 4.39 Å². The lowest BCUT2D eigenvalue weighted by Gasteiger charge is -2.16. The SMILES string of the molecule is CCc1cc(C(Cc2cccc(F)c2)NN)n(C)n1. The molecule has 2 aromatic rings. The lowest BCUT2D eigenvalue weighted by atomic mass is 10.0. The van der Waals surface area contributed by atoms with Crippen LogP contribution < -0.4 is 11.3 Å². The summed E-state index contributed by atoms with van der Waals surface area (Å²) in [5, 5.41) is 4.40. The van der Waals surface area contributed by atoms with Crippen LogP contribution in [0.15, 0.2) is 30.3 Å². The number of halogens is 1. The van der Waals surface area contributed by atoms with Gasteiger partial charge in [-0.1, -0.05) is 19.1 Å². The summed E-state index contributed by atoms with van der Waals surface area (Å²) in [4.78, 5) is 0. The summed E-state index contributed by atoms with van der Waals surface area (Å²) >= 11 is 0. The van der Waals surface area contributed by atoms with Gasteiger partial charge in [0.05, 0.1) is 17.4 Å². The van der Waals surface area contributed by atoms with Crippen molar-refractivity contribution < 1.29 is 4.39 Å². The average molecular weight is 262 g/mol. The average Bonchev–Trinajstić information content (AvgIpc) is 2.77. The van der Waals surface area contributed by atoms with E-state index >= 15 is 0 Å². The van der Waals surface area contributed by atoms with Gasteiger partial charge < -0.3 is 0 Å². The second-order valence-electron chi connectivity index (χ2n) is 4.59. The molecule has 3 N–H and O–H groups in total. The first kappa shape index (κ1) is 13.7. The molecule has 0 aliphatic rings. The Hall–Kier alpha value is -1.72. The van der Waals surface area contributed by atoms with E-state index in [-0.39, 0.29) is 11.9 Å². The van der Waals surface area contributed by atoms with Crippen LogP contribution in [0.25, 0.3) is 0 Å². The van der Waals surface area contributed by atoms with Crippen molar-refractivity contribution >= 4 is 0 Å². The van der Waals surface area contributed by atoms with E-state index in [1.807, 2.05) is 23.9 Å². The molecule has 0 bridgehead atoms. The number of aryl methyl sites for hydroxylation is 2. The highest BCUT2D eigenvalue weighted by Gasteiger charge is 2.16. The molecule has 5 heteroatoms. The van der Waals surface area contributed by atoms with Gasteiger partial charge in [0.15, 0.2) is 0 Å². The standard InChI is InChI=1S/C14H19FN4/c1-3-12-9-14(19(2)18-12)13(17-16)8-10-5-4-6-11(15)7-10/h4-7,9,13,17H,3,8,16H2,1-2H3. The molecule has 0 saturated carbocycles. The van der Waals surface area contributed by atoms with Crippen LogP contribution in [0.5, 0.6) is 0 Å². The lowest BCUT2D eigenvalue weighted by Crippen LogP contribution is -2.31. The maximum atomic E-state index is 13.2. The van der Waals surface area contributed by atoms with Crippen molar-refractivity contribution in [1.82, 2.24) is 15.2 Å². The second kappa shape index (κ2) is 5.95. The number of nitrogens with two attached hydrogens (primary N) is 1. The fraction of sp³-hybridized carbons (Fsp3) is 0.357. The lowest BCUT2D eigenvalue weighted by molar-refractivity contribution is 0.506. The molecular formula is C14H19FN4. The number of benzene rings is 1. The number of nitrogens with zero attached hydrogens (tertiary/aromatic N) is 2. The Morgan fingerprint density at radius 1 is 1.42 bits per heavy atom. The van der Waals surface area contributed by atoms with Crippen molar-refractivity contribution in [3.05, 3.63) is 53.1 Å². The molecule has 102 valence electrons. The maximum Gasteiger partial charge on any atom is 0.123 e. The smallest absolute Gasteiger partial charge is 0.123 e. The summed E-state index contributed by atoms with van der Waals surface area (Å²) in [5.41, 5.74) is 5.71. The van der Waals surface area contributed by atoms with Crippen LogP contribution in [0.3, 0.4) is 0 Å². The second-order valence-corrected chi connectivity index (χ2v) is 4.59. The molecule has 0 spiro atoms. The maximum absolute atomic E-state index is 13.2.